The molecule has 2 atom stereocenters. The minimum atomic E-state index is 0.103. The molecule has 4 heterocycles. The maximum atomic E-state index is 5.67. The van der Waals surface area contributed by atoms with Crippen LogP contribution in [0.15, 0.2) is 21.5 Å². The van der Waals surface area contributed by atoms with Gasteiger partial charge in [0, 0.05) is 52.4 Å². The number of hydrogen-bond acceptors (Lipinski definition) is 4. The van der Waals surface area contributed by atoms with Crippen molar-refractivity contribution in [3.05, 3.63) is 23.7 Å². The molecule has 0 spiro atoms. The van der Waals surface area contributed by atoms with Gasteiger partial charge >= 0.3 is 0 Å². The van der Waals surface area contributed by atoms with Crippen molar-refractivity contribution in [2.75, 3.05) is 46.3 Å². The van der Waals surface area contributed by atoms with Crippen LogP contribution in [0.1, 0.15) is 24.5 Å². The van der Waals surface area contributed by atoms with E-state index in [1.807, 2.05) is 26.1 Å². The molecular weight excluding hydrogens is 278 g/mol. The second-order valence-corrected chi connectivity index (χ2v) is 6.26. The van der Waals surface area contributed by atoms with Gasteiger partial charge in [-0.15, -0.1) is 0 Å². The van der Waals surface area contributed by atoms with Gasteiger partial charge in [-0.3, -0.25) is 14.8 Å². The van der Waals surface area contributed by atoms with E-state index < -0.39 is 0 Å². The predicted octanol–water partition coefficient (Wildman–Crippen LogP) is 0.814. The Morgan fingerprint density at radius 1 is 1.36 bits per heavy atom. The monoisotopic (exact) mass is 305 g/mol. The van der Waals surface area contributed by atoms with Crippen molar-refractivity contribution in [2.45, 2.75) is 25.9 Å². The molecule has 3 fully saturated rings. The minimum Gasteiger partial charge on any atom is -0.464 e. The summed E-state index contributed by atoms with van der Waals surface area (Å²) in [6.45, 7) is 11.0. The summed E-state index contributed by atoms with van der Waals surface area (Å²) in [7, 11) is 1.81. The van der Waals surface area contributed by atoms with Crippen LogP contribution >= 0.6 is 0 Å². The van der Waals surface area contributed by atoms with Gasteiger partial charge in [0.2, 0.25) is 0 Å². The molecular formula is C16H27N5O. The summed E-state index contributed by atoms with van der Waals surface area (Å²) in [6, 6.07) is 4.69. The third-order valence-corrected chi connectivity index (χ3v) is 4.66. The zero-order valence-corrected chi connectivity index (χ0v) is 13.8. The normalized spacial score (nSPS) is 29.4. The van der Waals surface area contributed by atoms with E-state index in [4.69, 9.17) is 4.42 Å². The highest BCUT2D eigenvalue weighted by Crippen LogP contribution is 2.16. The van der Waals surface area contributed by atoms with E-state index in [1.165, 1.54) is 26.2 Å². The summed E-state index contributed by atoms with van der Waals surface area (Å²) < 4.78 is 5.67. The third kappa shape index (κ3) is 3.44. The lowest BCUT2D eigenvalue weighted by Gasteiger charge is -2.47. The fraction of sp³-hybridized carbons (Fsp3) is 0.688. The van der Waals surface area contributed by atoms with Crippen LogP contribution in [0.3, 0.4) is 0 Å². The Morgan fingerprint density at radius 3 is 2.68 bits per heavy atom. The Balaban J connectivity index is 1.50. The lowest BCUT2D eigenvalue weighted by molar-refractivity contribution is 0.0154. The second kappa shape index (κ2) is 6.71. The Labute approximate surface area is 132 Å². The van der Waals surface area contributed by atoms with Crippen LogP contribution in [0.25, 0.3) is 0 Å². The zero-order valence-electron chi connectivity index (χ0n) is 13.8. The number of aryl methyl sites for hydroxylation is 1. The van der Waals surface area contributed by atoms with Crippen molar-refractivity contribution in [1.29, 1.82) is 0 Å². The number of furan rings is 1. The van der Waals surface area contributed by atoms with Crippen molar-refractivity contribution in [1.82, 2.24) is 20.4 Å². The van der Waals surface area contributed by atoms with Gasteiger partial charge in [0.1, 0.15) is 11.5 Å². The van der Waals surface area contributed by atoms with Gasteiger partial charge in [-0.2, -0.15) is 0 Å². The van der Waals surface area contributed by atoms with Crippen LogP contribution in [-0.4, -0.2) is 68.1 Å². The molecule has 0 saturated carbocycles. The summed E-state index contributed by atoms with van der Waals surface area (Å²) >= 11 is 0. The summed E-state index contributed by atoms with van der Waals surface area (Å²) in [5.74, 6) is 2.71. The maximum Gasteiger partial charge on any atom is 0.191 e. The van der Waals surface area contributed by atoms with Crippen LogP contribution in [0.4, 0.5) is 0 Å². The quantitative estimate of drug-likeness (QED) is 0.637. The molecule has 2 bridgehead atoms. The van der Waals surface area contributed by atoms with Crippen LogP contribution in [0, 0.1) is 6.92 Å². The summed E-state index contributed by atoms with van der Waals surface area (Å²) in [4.78, 5) is 9.46. The average molecular weight is 305 g/mol. The molecule has 6 heteroatoms. The smallest absolute Gasteiger partial charge is 0.191 e. The van der Waals surface area contributed by atoms with Crippen LogP contribution in [0.5, 0.6) is 0 Å². The van der Waals surface area contributed by atoms with Crippen LogP contribution in [-0.2, 0) is 0 Å². The number of nitrogens with one attached hydrogen (secondary N) is 2. The van der Waals surface area contributed by atoms with Gasteiger partial charge in [-0.05, 0) is 26.0 Å². The molecule has 2 N–H and O–H groups in total. The summed E-state index contributed by atoms with van der Waals surface area (Å²) in [5, 5.41) is 6.85. The van der Waals surface area contributed by atoms with Crippen molar-refractivity contribution in [3.8, 4) is 0 Å². The number of nitrogens with zero attached hydrogens (tertiary/aromatic N) is 3. The first-order chi connectivity index (χ1) is 10.7. The van der Waals surface area contributed by atoms with E-state index in [1.54, 1.807) is 0 Å². The third-order valence-electron chi connectivity index (χ3n) is 4.66. The molecule has 0 amide bonds. The van der Waals surface area contributed by atoms with Crippen molar-refractivity contribution in [2.24, 2.45) is 4.99 Å². The lowest BCUT2D eigenvalue weighted by atomic mass is 10.1. The molecule has 1 aromatic heterocycles. The topological polar surface area (TPSA) is 56.0 Å². The highest BCUT2D eigenvalue weighted by atomic mass is 16.3. The second-order valence-electron chi connectivity index (χ2n) is 6.26. The van der Waals surface area contributed by atoms with Gasteiger partial charge in [0.25, 0.3) is 0 Å². The molecule has 122 valence electrons. The first kappa shape index (κ1) is 15.4. The largest absolute Gasteiger partial charge is 0.464 e. The van der Waals surface area contributed by atoms with E-state index in [2.05, 4.69) is 32.3 Å². The number of guanidine groups is 1. The maximum absolute atomic E-state index is 5.67. The van der Waals surface area contributed by atoms with E-state index >= 15 is 0 Å². The lowest BCUT2D eigenvalue weighted by Crippen LogP contribution is -2.63. The summed E-state index contributed by atoms with van der Waals surface area (Å²) in [6.07, 6.45) is 0. The van der Waals surface area contributed by atoms with Crippen LogP contribution < -0.4 is 10.6 Å². The van der Waals surface area contributed by atoms with Crippen molar-refractivity contribution >= 4 is 5.96 Å². The molecule has 1 aromatic rings. The highest BCUT2D eigenvalue weighted by molar-refractivity contribution is 5.80. The van der Waals surface area contributed by atoms with Crippen LogP contribution in [0.2, 0.25) is 0 Å². The first-order valence-electron chi connectivity index (χ1n) is 8.15. The molecule has 4 rings (SSSR count). The molecule has 0 radical (unpaired) electrons. The fourth-order valence-corrected chi connectivity index (χ4v) is 3.29. The fourth-order valence-electron chi connectivity index (χ4n) is 3.29. The number of piperazine rings is 3. The Morgan fingerprint density at radius 2 is 2.14 bits per heavy atom. The number of aliphatic imine (C=N–C) groups is 1. The molecule has 22 heavy (non-hydrogen) atoms. The predicted molar refractivity (Wildman–Crippen MR) is 88.2 cm³/mol. The molecule has 6 nitrogen and oxygen atoms in total. The first-order valence-corrected chi connectivity index (χ1v) is 8.15. The minimum absolute atomic E-state index is 0.103. The van der Waals surface area contributed by atoms with Gasteiger partial charge in [-0.25, -0.2) is 0 Å². The van der Waals surface area contributed by atoms with Gasteiger partial charge in [0.15, 0.2) is 5.96 Å². The molecule has 3 aliphatic rings. The van der Waals surface area contributed by atoms with Gasteiger partial charge in [0.05, 0.1) is 6.04 Å². The molecule has 0 aliphatic carbocycles. The zero-order chi connectivity index (χ0) is 15.5. The van der Waals surface area contributed by atoms with E-state index in [9.17, 15) is 0 Å². The Kier molecular flexibility index (Phi) is 4.69. The van der Waals surface area contributed by atoms with Crippen molar-refractivity contribution in [3.63, 3.8) is 0 Å². The Bertz CT molecular complexity index is 518. The van der Waals surface area contributed by atoms with Crippen molar-refractivity contribution < 1.29 is 4.42 Å². The van der Waals surface area contributed by atoms with Gasteiger partial charge < -0.3 is 15.1 Å². The molecule has 0 aromatic carbocycles. The van der Waals surface area contributed by atoms with E-state index in [-0.39, 0.29) is 6.04 Å². The molecule has 3 saturated heterocycles. The molecule has 3 aliphatic heterocycles. The summed E-state index contributed by atoms with van der Waals surface area (Å²) in [5.41, 5.74) is 0. The van der Waals surface area contributed by atoms with E-state index in [0.29, 0.717) is 6.04 Å². The van der Waals surface area contributed by atoms with Gasteiger partial charge in [-0.1, -0.05) is 0 Å². The number of rotatable bonds is 4. The number of hydrogen-bond donors (Lipinski definition) is 2. The number of fused-ring (bicyclic) bond motifs is 3. The molecule has 2 unspecified atom stereocenters. The standard InChI is InChI=1S/C16H27N5O/c1-12-4-5-15(22-12)13(2)19-16(17-3)18-10-14-11-20-6-8-21(14)9-7-20/h4-5,13-14H,6-11H2,1-3H3,(H2,17,18,19). The van der Waals surface area contributed by atoms with E-state index in [0.717, 1.165) is 30.6 Å². The Hall–Kier alpha value is -1.53. The highest BCUT2D eigenvalue weighted by Gasteiger charge is 2.31. The SMILES string of the molecule is CN=C(NCC1CN2CCN1CC2)NC(C)c1ccc(C)o1. The average Bonchev–Trinajstić information content (AvgIpc) is 2.99.